The minimum absolute atomic E-state index is 0.148. The van der Waals surface area contributed by atoms with Crippen LogP contribution in [0.2, 0.25) is 0 Å². The Labute approximate surface area is 110 Å². The third-order valence-corrected chi connectivity index (χ3v) is 5.64. The molecule has 18 heavy (non-hydrogen) atoms. The predicted molar refractivity (Wildman–Crippen MR) is 70.2 cm³/mol. The number of hydrogen-bond acceptors (Lipinski definition) is 3. The summed E-state index contributed by atoms with van der Waals surface area (Å²) >= 11 is 0. The molecule has 0 aromatic rings. The van der Waals surface area contributed by atoms with Crippen molar-refractivity contribution in [2.24, 2.45) is 16.7 Å². The van der Waals surface area contributed by atoms with Crippen molar-refractivity contribution in [2.75, 3.05) is 13.2 Å². The first kappa shape index (κ1) is 13.9. The Balaban J connectivity index is 1.84. The third kappa shape index (κ3) is 2.07. The molecule has 2 aliphatic rings. The summed E-state index contributed by atoms with van der Waals surface area (Å²) in [5.74, 6) is 0.639. The highest BCUT2D eigenvalue weighted by Gasteiger charge is 2.61. The van der Waals surface area contributed by atoms with Crippen molar-refractivity contribution in [1.82, 2.24) is 0 Å². The standard InChI is InChI=1S/C15H26O3/c1-5-17-13(16)7-9-18-12-10-11-6-8-15(12,4)14(11,2)3/h11-12H,5-10H2,1-4H3. The zero-order valence-corrected chi connectivity index (χ0v) is 12.1. The van der Waals surface area contributed by atoms with Gasteiger partial charge in [-0.1, -0.05) is 20.8 Å². The van der Waals surface area contributed by atoms with Gasteiger partial charge in [0.2, 0.25) is 0 Å². The molecule has 2 bridgehead atoms. The van der Waals surface area contributed by atoms with Crippen molar-refractivity contribution in [3.8, 4) is 0 Å². The maximum Gasteiger partial charge on any atom is 0.308 e. The fourth-order valence-electron chi connectivity index (χ4n) is 3.90. The fourth-order valence-corrected chi connectivity index (χ4v) is 3.90. The molecule has 0 aromatic heterocycles. The number of rotatable bonds is 5. The van der Waals surface area contributed by atoms with E-state index in [0.29, 0.717) is 31.2 Å². The van der Waals surface area contributed by atoms with E-state index in [1.165, 1.54) is 12.8 Å². The van der Waals surface area contributed by atoms with E-state index in [1.807, 2.05) is 6.92 Å². The second-order valence-corrected chi connectivity index (χ2v) is 6.52. The number of ether oxygens (including phenoxy) is 2. The van der Waals surface area contributed by atoms with Gasteiger partial charge in [-0.25, -0.2) is 0 Å². The van der Waals surface area contributed by atoms with Crippen LogP contribution in [-0.2, 0) is 14.3 Å². The lowest BCUT2D eigenvalue weighted by Gasteiger charge is -2.38. The lowest BCUT2D eigenvalue weighted by Crippen LogP contribution is -2.37. The average molecular weight is 254 g/mol. The molecule has 3 nitrogen and oxygen atoms in total. The Bertz CT molecular complexity index is 324. The van der Waals surface area contributed by atoms with Gasteiger partial charge >= 0.3 is 5.97 Å². The van der Waals surface area contributed by atoms with Gasteiger partial charge in [-0.15, -0.1) is 0 Å². The van der Waals surface area contributed by atoms with Gasteiger partial charge in [0, 0.05) is 0 Å². The highest BCUT2D eigenvalue weighted by atomic mass is 16.5. The van der Waals surface area contributed by atoms with Gasteiger partial charge in [-0.05, 0) is 42.9 Å². The van der Waals surface area contributed by atoms with Crippen LogP contribution in [0.3, 0.4) is 0 Å². The summed E-state index contributed by atoms with van der Waals surface area (Å²) in [6.45, 7) is 9.89. The van der Waals surface area contributed by atoms with Crippen LogP contribution < -0.4 is 0 Å². The number of esters is 1. The molecule has 0 N–H and O–H groups in total. The highest BCUT2D eigenvalue weighted by Crippen LogP contribution is 2.66. The normalized spacial score (nSPS) is 36.9. The smallest absolute Gasteiger partial charge is 0.308 e. The molecule has 0 radical (unpaired) electrons. The van der Waals surface area contributed by atoms with Crippen LogP contribution in [0.25, 0.3) is 0 Å². The maximum absolute atomic E-state index is 11.3. The minimum Gasteiger partial charge on any atom is -0.466 e. The molecule has 104 valence electrons. The van der Waals surface area contributed by atoms with E-state index in [4.69, 9.17) is 9.47 Å². The molecule has 0 aliphatic heterocycles. The Morgan fingerprint density at radius 1 is 1.33 bits per heavy atom. The van der Waals surface area contributed by atoms with Gasteiger partial charge in [0.1, 0.15) is 0 Å². The van der Waals surface area contributed by atoms with Crippen LogP contribution in [0.4, 0.5) is 0 Å². The average Bonchev–Trinajstić information content (AvgIpc) is 2.62. The second kappa shape index (κ2) is 4.84. The summed E-state index contributed by atoms with van der Waals surface area (Å²) in [4.78, 5) is 11.3. The molecular formula is C15H26O3. The van der Waals surface area contributed by atoms with E-state index >= 15 is 0 Å². The molecule has 0 saturated heterocycles. The van der Waals surface area contributed by atoms with E-state index in [0.717, 1.165) is 12.3 Å². The molecule has 2 aliphatic carbocycles. The van der Waals surface area contributed by atoms with E-state index in [9.17, 15) is 4.79 Å². The highest BCUT2D eigenvalue weighted by molar-refractivity contribution is 5.69. The number of hydrogen-bond donors (Lipinski definition) is 0. The van der Waals surface area contributed by atoms with Crippen LogP contribution in [0.5, 0.6) is 0 Å². The second-order valence-electron chi connectivity index (χ2n) is 6.52. The SMILES string of the molecule is CCOC(=O)CCOC1CC2CCC1(C)C2(C)C. The fraction of sp³-hybridized carbons (Fsp3) is 0.933. The lowest BCUT2D eigenvalue weighted by molar-refractivity contribution is -0.145. The summed E-state index contributed by atoms with van der Waals surface area (Å²) in [6, 6.07) is 0. The Morgan fingerprint density at radius 3 is 2.56 bits per heavy atom. The van der Waals surface area contributed by atoms with Crippen molar-refractivity contribution in [3.63, 3.8) is 0 Å². The number of carbonyl (C=O) groups excluding carboxylic acids is 1. The third-order valence-electron chi connectivity index (χ3n) is 5.64. The number of carbonyl (C=O) groups is 1. The van der Waals surface area contributed by atoms with E-state index in [-0.39, 0.29) is 11.4 Å². The molecular weight excluding hydrogens is 228 g/mol. The van der Waals surface area contributed by atoms with Crippen LogP contribution in [0, 0.1) is 16.7 Å². The first-order valence-corrected chi connectivity index (χ1v) is 7.19. The Kier molecular flexibility index (Phi) is 3.72. The van der Waals surface area contributed by atoms with E-state index in [1.54, 1.807) is 0 Å². The monoisotopic (exact) mass is 254 g/mol. The lowest BCUT2D eigenvalue weighted by atomic mass is 9.70. The minimum atomic E-state index is -0.148. The summed E-state index contributed by atoms with van der Waals surface area (Å²) in [6.07, 6.45) is 4.45. The van der Waals surface area contributed by atoms with Crippen LogP contribution in [0.15, 0.2) is 0 Å². The van der Waals surface area contributed by atoms with Crippen molar-refractivity contribution >= 4 is 5.97 Å². The van der Waals surface area contributed by atoms with Gasteiger partial charge in [-0.3, -0.25) is 4.79 Å². The molecule has 2 fully saturated rings. The molecule has 3 atom stereocenters. The maximum atomic E-state index is 11.3. The zero-order valence-electron chi connectivity index (χ0n) is 12.1. The molecule has 3 heteroatoms. The molecule has 0 spiro atoms. The molecule has 0 aromatic carbocycles. The molecule has 2 rings (SSSR count). The predicted octanol–water partition coefficient (Wildman–Crippen LogP) is 3.17. The Hall–Kier alpha value is -0.570. The summed E-state index contributed by atoms with van der Waals surface area (Å²) in [5.41, 5.74) is 0.661. The molecule has 0 heterocycles. The largest absolute Gasteiger partial charge is 0.466 e. The van der Waals surface area contributed by atoms with Crippen LogP contribution in [-0.4, -0.2) is 25.3 Å². The quantitative estimate of drug-likeness (QED) is 0.707. The zero-order chi connectivity index (χ0) is 13.4. The molecule has 3 unspecified atom stereocenters. The van der Waals surface area contributed by atoms with E-state index in [2.05, 4.69) is 20.8 Å². The van der Waals surface area contributed by atoms with Gasteiger partial charge in [-0.2, -0.15) is 0 Å². The van der Waals surface area contributed by atoms with Crippen LogP contribution >= 0.6 is 0 Å². The van der Waals surface area contributed by atoms with Crippen molar-refractivity contribution in [2.45, 2.75) is 59.5 Å². The first-order chi connectivity index (χ1) is 8.41. The van der Waals surface area contributed by atoms with Gasteiger partial charge < -0.3 is 9.47 Å². The van der Waals surface area contributed by atoms with Crippen LogP contribution in [0.1, 0.15) is 53.4 Å². The van der Waals surface area contributed by atoms with Gasteiger partial charge in [0.15, 0.2) is 0 Å². The Morgan fingerprint density at radius 2 is 2.06 bits per heavy atom. The topological polar surface area (TPSA) is 35.5 Å². The first-order valence-electron chi connectivity index (χ1n) is 7.19. The van der Waals surface area contributed by atoms with Crippen molar-refractivity contribution in [1.29, 1.82) is 0 Å². The summed E-state index contributed by atoms with van der Waals surface area (Å²) < 4.78 is 10.9. The molecule has 2 saturated carbocycles. The summed E-state index contributed by atoms with van der Waals surface area (Å²) in [7, 11) is 0. The number of fused-ring (bicyclic) bond motifs is 2. The van der Waals surface area contributed by atoms with Gasteiger partial charge in [0.05, 0.1) is 25.7 Å². The van der Waals surface area contributed by atoms with Crippen molar-refractivity contribution < 1.29 is 14.3 Å². The van der Waals surface area contributed by atoms with E-state index < -0.39 is 0 Å². The van der Waals surface area contributed by atoms with Crippen molar-refractivity contribution in [3.05, 3.63) is 0 Å². The summed E-state index contributed by atoms with van der Waals surface area (Å²) in [5, 5.41) is 0. The molecule has 0 amide bonds. The van der Waals surface area contributed by atoms with Gasteiger partial charge in [0.25, 0.3) is 0 Å².